The maximum Gasteiger partial charge on any atom is 0.153 e. The van der Waals surface area contributed by atoms with Crippen molar-refractivity contribution in [3.8, 4) is 5.75 Å². The number of ether oxygens (including phenoxy) is 1. The van der Waals surface area contributed by atoms with Crippen LogP contribution in [0.1, 0.15) is 46.8 Å². The first-order valence-electron chi connectivity index (χ1n) is 6.87. The van der Waals surface area contributed by atoms with Crippen LogP contribution in [-0.4, -0.2) is 6.29 Å². The molecule has 20 heavy (non-hydrogen) atoms. The van der Waals surface area contributed by atoms with Crippen LogP contribution in [0.4, 0.5) is 0 Å². The molecule has 0 aliphatic rings. The molecule has 0 unspecified atom stereocenters. The van der Waals surface area contributed by atoms with Crippen LogP contribution in [0.2, 0.25) is 0 Å². The Hall–Kier alpha value is -2.09. The van der Waals surface area contributed by atoms with Crippen LogP contribution in [0.5, 0.6) is 5.75 Å². The molecule has 0 heterocycles. The van der Waals surface area contributed by atoms with Crippen molar-refractivity contribution in [1.82, 2.24) is 0 Å². The van der Waals surface area contributed by atoms with Crippen LogP contribution in [0, 0.1) is 6.92 Å². The number of hydrogen-bond donors (Lipinski definition) is 0. The summed E-state index contributed by atoms with van der Waals surface area (Å²) in [5, 5.41) is 0. The Balaban J connectivity index is 2.07. The van der Waals surface area contributed by atoms with Crippen LogP contribution in [0.15, 0.2) is 42.5 Å². The summed E-state index contributed by atoms with van der Waals surface area (Å²) in [5.41, 5.74) is 4.08. The van der Waals surface area contributed by atoms with Gasteiger partial charge in [-0.2, -0.15) is 0 Å². The van der Waals surface area contributed by atoms with Gasteiger partial charge < -0.3 is 4.74 Å². The third-order valence-electron chi connectivity index (χ3n) is 3.33. The highest BCUT2D eigenvalue weighted by Gasteiger charge is 2.04. The third kappa shape index (κ3) is 3.47. The molecule has 2 nitrogen and oxygen atoms in total. The molecule has 0 spiro atoms. The van der Waals surface area contributed by atoms with E-state index in [0.717, 1.165) is 17.4 Å². The lowest BCUT2D eigenvalue weighted by molar-refractivity contribution is 0.111. The molecule has 2 aromatic carbocycles. The molecule has 0 saturated carbocycles. The second kappa shape index (κ2) is 6.38. The SMILES string of the molecule is Cc1ccc(OCc2ccc(C(C)C)cc2)c(C=O)c1. The summed E-state index contributed by atoms with van der Waals surface area (Å²) >= 11 is 0. The van der Waals surface area contributed by atoms with Crippen LogP contribution < -0.4 is 4.74 Å². The lowest BCUT2D eigenvalue weighted by atomic mass is 10.0. The molecule has 104 valence electrons. The van der Waals surface area contributed by atoms with E-state index in [4.69, 9.17) is 4.74 Å². The van der Waals surface area contributed by atoms with E-state index >= 15 is 0 Å². The Labute approximate surface area is 120 Å². The smallest absolute Gasteiger partial charge is 0.153 e. The van der Waals surface area contributed by atoms with Gasteiger partial charge in [0, 0.05) is 0 Å². The van der Waals surface area contributed by atoms with Gasteiger partial charge in [-0.05, 0) is 36.1 Å². The predicted octanol–water partition coefficient (Wildman–Crippen LogP) is 4.51. The van der Waals surface area contributed by atoms with Crippen molar-refractivity contribution < 1.29 is 9.53 Å². The van der Waals surface area contributed by atoms with Gasteiger partial charge in [0.05, 0.1) is 5.56 Å². The Morgan fingerprint density at radius 1 is 1.10 bits per heavy atom. The molecule has 0 radical (unpaired) electrons. The molecule has 0 saturated heterocycles. The number of hydrogen-bond acceptors (Lipinski definition) is 2. The third-order valence-corrected chi connectivity index (χ3v) is 3.33. The highest BCUT2D eigenvalue weighted by Crippen LogP contribution is 2.20. The standard InChI is InChI=1S/C18H20O2/c1-13(2)16-7-5-15(6-8-16)12-20-18-9-4-14(3)10-17(18)11-19/h4-11,13H,12H2,1-3H3. The van der Waals surface area contributed by atoms with E-state index in [1.54, 1.807) is 0 Å². The number of benzene rings is 2. The zero-order valence-corrected chi connectivity index (χ0v) is 12.2. The Bertz CT molecular complexity index is 583. The Morgan fingerprint density at radius 2 is 1.80 bits per heavy atom. The minimum atomic E-state index is 0.474. The number of rotatable bonds is 5. The van der Waals surface area contributed by atoms with Gasteiger partial charge in [0.15, 0.2) is 6.29 Å². The molecule has 2 aromatic rings. The van der Waals surface area contributed by atoms with Crippen molar-refractivity contribution in [2.24, 2.45) is 0 Å². The maximum atomic E-state index is 11.0. The molecule has 0 N–H and O–H groups in total. The monoisotopic (exact) mass is 268 g/mol. The van der Waals surface area contributed by atoms with E-state index < -0.39 is 0 Å². The molecule has 2 heteroatoms. The first kappa shape index (κ1) is 14.3. The number of carbonyl (C=O) groups excluding carboxylic acids is 1. The van der Waals surface area contributed by atoms with E-state index in [9.17, 15) is 4.79 Å². The summed E-state index contributed by atoms with van der Waals surface area (Å²) < 4.78 is 5.74. The van der Waals surface area contributed by atoms with Crippen molar-refractivity contribution in [3.05, 3.63) is 64.7 Å². The summed E-state index contributed by atoms with van der Waals surface area (Å²) in [7, 11) is 0. The molecule has 0 amide bonds. The van der Waals surface area contributed by atoms with Crippen LogP contribution >= 0.6 is 0 Å². The maximum absolute atomic E-state index is 11.0. The van der Waals surface area contributed by atoms with E-state index in [1.165, 1.54) is 5.56 Å². The van der Waals surface area contributed by atoms with Crippen molar-refractivity contribution in [1.29, 1.82) is 0 Å². The molecular formula is C18H20O2. The molecule has 0 aliphatic carbocycles. The summed E-state index contributed by atoms with van der Waals surface area (Å²) in [6.07, 6.45) is 0.837. The molecule has 0 bridgehead atoms. The van der Waals surface area contributed by atoms with E-state index in [2.05, 4.69) is 38.1 Å². The largest absolute Gasteiger partial charge is 0.488 e. The van der Waals surface area contributed by atoms with Gasteiger partial charge in [-0.1, -0.05) is 49.7 Å². The highest BCUT2D eigenvalue weighted by atomic mass is 16.5. The number of aldehydes is 1. The summed E-state index contributed by atoms with van der Waals surface area (Å²) in [6, 6.07) is 14.0. The molecule has 2 rings (SSSR count). The lowest BCUT2D eigenvalue weighted by Gasteiger charge is -2.10. The topological polar surface area (TPSA) is 26.3 Å². The normalized spacial score (nSPS) is 10.6. The van der Waals surface area contributed by atoms with Gasteiger partial charge in [0.1, 0.15) is 12.4 Å². The molecule has 0 fully saturated rings. The summed E-state index contributed by atoms with van der Waals surface area (Å²) in [5.74, 6) is 1.17. The van der Waals surface area contributed by atoms with Gasteiger partial charge in [-0.25, -0.2) is 0 Å². The average molecular weight is 268 g/mol. The van der Waals surface area contributed by atoms with E-state index in [0.29, 0.717) is 23.8 Å². The lowest BCUT2D eigenvalue weighted by Crippen LogP contribution is -1.99. The number of aryl methyl sites for hydroxylation is 1. The van der Waals surface area contributed by atoms with Crippen molar-refractivity contribution in [2.45, 2.75) is 33.3 Å². The average Bonchev–Trinajstić information content (AvgIpc) is 2.46. The molecule has 0 aromatic heterocycles. The fourth-order valence-electron chi connectivity index (χ4n) is 2.05. The summed E-state index contributed by atoms with van der Waals surface area (Å²) in [6.45, 7) is 6.78. The predicted molar refractivity (Wildman–Crippen MR) is 81.4 cm³/mol. The quantitative estimate of drug-likeness (QED) is 0.746. The molecular weight excluding hydrogens is 248 g/mol. The number of carbonyl (C=O) groups is 1. The minimum absolute atomic E-state index is 0.474. The zero-order valence-electron chi connectivity index (χ0n) is 12.2. The van der Waals surface area contributed by atoms with E-state index in [-0.39, 0.29) is 0 Å². The second-order valence-corrected chi connectivity index (χ2v) is 5.34. The van der Waals surface area contributed by atoms with Gasteiger partial charge >= 0.3 is 0 Å². The first-order valence-corrected chi connectivity index (χ1v) is 6.87. The van der Waals surface area contributed by atoms with E-state index in [1.807, 2.05) is 25.1 Å². The van der Waals surface area contributed by atoms with Crippen molar-refractivity contribution in [2.75, 3.05) is 0 Å². The van der Waals surface area contributed by atoms with Gasteiger partial charge in [-0.3, -0.25) is 4.79 Å². The fraction of sp³-hybridized carbons (Fsp3) is 0.278. The zero-order chi connectivity index (χ0) is 14.5. The fourth-order valence-corrected chi connectivity index (χ4v) is 2.05. The van der Waals surface area contributed by atoms with Crippen LogP contribution in [0.3, 0.4) is 0 Å². The summed E-state index contributed by atoms with van der Waals surface area (Å²) in [4.78, 5) is 11.0. The van der Waals surface area contributed by atoms with Crippen LogP contribution in [-0.2, 0) is 6.61 Å². The minimum Gasteiger partial charge on any atom is -0.488 e. The highest BCUT2D eigenvalue weighted by molar-refractivity contribution is 5.79. The second-order valence-electron chi connectivity index (χ2n) is 5.34. The van der Waals surface area contributed by atoms with Gasteiger partial charge in [-0.15, -0.1) is 0 Å². The van der Waals surface area contributed by atoms with Crippen LogP contribution in [0.25, 0.3) is 0 Å². The van der Waals surface area contributed by atoms with Crippen molar-refractivity contribution in [3.63, 3.8) is 0 Å². The van der Waals surface area contributed by atoms with Gasteiger partial charge in [0.25, 0.3) is 0 Å². The molecule has 0 atom stereocenters. The Morgan fingerprint density at radius 3 is 2.40 bits per heavy atom. The molecule has 0 aliphatic heterocycles. The Kier molecular flexibility index (Phi) is 4.57. The van der Waals surface area contributed by atoms with Gasteiger partial charge in [0.2, 0.25) is 0 Å². The first-order chi connectivity index (χ1) is 9.60. The van der Waals surface area contributed by atoms with Crippen molar-refractivity contribution >= 4 is 6.29 Å².